The summed E-state index contributed by atoms with van der Waals surface area (Å²) in [5.41, 5.74) is 0.939. The smallest absolute Gasteiger partial charge is 0.138 e. The van der Waals surface area contributed by atoms with Gasteiger partial charge in [0.1, 0.15) is 36.5 Å². The van der Waals surface area contributed by atoms with Crippen LogP contribution in [-0.2, 0) is 0 Å². The molecule has 1 N–H and O–H groups in total. The highest BCUT2D eigenvalue weighted by atomic mass is 35.5. The molecule has 0 radical (unpaired) electrons. The van der Waals surface area contributed by atoms with Crippen LogP contribution < -0.4 is 14.8 Å². The van der Waals surface area contributed by atoms with Crippen LogP contribution in [0.25, 0.3) is 5.69 Å². The zero-order valence-electron chi connectivity index (χ0n) is 14.2. The molecule has 4 rings (SSSR count). The summed E-state index contributed by atoms with van der Waals surface area (Å²) in [6.45, 7) is 1.81. The molecule has 26 heavy (non-hydrogen) atoms. The van der Waals surface area contributed by atoms with Crippen molar-refractivity contribution in [3.63, 3.8) is 0 Å². The topological polar surface area (TPSA) is 61.2 Å². The van der Waals surface area contributed by atoms with E-state index in [1.165, 1.54) is 19.2 Å². The van der Waals surface area contributed by atoms with Crippen molar-refractivity contribution >= 4 is 12.4 Å². The van der Waals surface area contributed by atoms with Crippen LogP contribution in [0, 0.1) is 0 Å². The fourth-order valence-electron chi connectivity index (χ4n) is 2.84. The molecule has 0 amide bonds. The van der Waals surface area contributed by atoms with Gasteiger partial charge in [-0.25, -0.2) is 9.67 Å². The van der Waals surface area contributed by atoms with Crippen molar-refractivity contribution < 1.29 is 9.47 Å². The summed E-state index contributed by atoms with van der Waals surface area (Å²) >= 11 is 0. The second-order valence-corrected chi connectivity index (χ2v) is 6.01. The molecule has 0 unspecified atom stereocenters. The van der Waals surface area contributed by atoms with Gasteiger partial charge < -0.3 is 14.8 Å². The lowest BCUT2D eigenvalue weighted by molar-refractivity contribution is 0.277. The van der Waals surface area contributed by atoms with Crippen LogP contribution in [0.4, 0.5) is 0 Å². The number of nitrogens with zero attached hydrogens (tertiary/aromatic N) is 3. The molecule has 6 nitrogen and oxygen atoms in total. The Morgan fingerprint density at radius 1 is 1.00 bits per heavy atom. The maximum Gasteiger partial charge on any atom is 0.138 e. The minimum Gasteiger partial charge on any atom is -0.492 e. The van der Waals surface area contributed by atoms with Crippen molar-refractivity contribution in [3.05, 3.63) is 61.2 Å². The van der Waals surface area contributed by atoms with Crippen LogP contribution >= 0.6 is 12.4 Å². The lowest BCUT2D eigenvalue weighted by Crippen LogP contribution is -2.28. The third-order valence-electron chi connectivity index (χ3n) is 4.19. The summed E-state index contributed by atoms with van der Waals surface area (Å²) in [6, 6.07) is 15.9. The second-order valence-electron chi connectivity index (χ2n) is 6.01. The SMILES string of the molecule is Cl.c1ncn(-c2ccc(Oc3ccc(OC[C@H]4CCCN4)cc3)cc2)n1. The molecule has 2 aromatic carbocycles. The van der Waals surface area contributed by atoms with E-state index >= 15 is 0 Å². The summed E-state index contributed by atoms with van der Waals surface area (Å²) in [7, 11) is 0. The molecule has 1 fully saturated rings. The van der Waals surface area contributed by atoms with Crippen LogP contribution in [0.15, 0.2) is 61.2 Å². The van der Waals surface area contributed by atoms with E-state index in [9.17, 15) is 0 Å². The molecule has 2 heterocycles. The molecule has 136 valence electrons. The Labute approximate surface area is 158 Å². The summed E-state index contributed by atoms with van der Waals surface area (Å²) < 4.78 is 13.4. The molecule has 3 aromatic rings. The number of halogens is 1. The lowest BCUT2D eigenvalue weighted by atomic mass is 10.2. The van der Waals surface area contributed by atoms with Crippen LogP contribution in [0.1, 0.15) is 12.8 Å². The summed E-state index contributed by atoms with van der Waals surface area (Å²) in [5.74, 6) is 2.41. The highest BCUT2D eigenvalue weighted by Gasteiger charge is 2.14. The van der Waals surface area contributed by atoms with Gasteiger partial charge in [0, 0.05) is 6.04 Å². The van der Waals surface area contributed by atoms with Crippen molar-refractivity contribution in [1.29, 1.82) is 0 Å². The molecule has 1 saturated heterocycles. The van der Waals surface area contributed by atoms with Gasteiger partial charge in [0.05, 0.1) is 5.69 Å². The van der Waals surface area contributed by atoms with Gasteiger partial charge in [-0.05, 0) is 67.9 Å². The molecule has 0 spiro atoms. The monoisotopic (exact) mass is 372 g/mol. The average molecular weight is 373 g/mol. The Bertz CT molecular complexity index is 785. The predicted octanol–water partition coefficient (Wildman–Crippen LogP) is 3.61. The van der Waals surface area contributed by atoms with Crippen molar-refractivity contribution in [2.24, 2.45) is 0 Å². The third kappa shape index (κ3) is 4.53. The highest BCUT2D eigenvalue weighted by molar-refractivity contribution is 5.85. The number of hydrogen-bond acceptors (Lipinski definition) is 5. The number of aromatic nitrogens is 3. The average Bonchev–Trinajstić information content (AvgIpc) is 3.36. The van der Waals surface area contributed by atoms with E-state index in [0.717, 1.165) is 29.5 Å². The molecule has 1 atom stereocenters. The van der Waals surface area contributed by atoms with Crippen LogP contribution in [0.2, 0.25) is 0 Å². The van der Waals surface area contributed by atoms with Gasteiger partial charge >= 0.3 is 0 Å². The van der Waals surface area contributed by atoms with Crippen molar-refractivity contribution in [2.75, 3.05) is 13.2 Å². The number of rotatable bonds is 6. The normalized spacial score (nSPS) is 16.1. The molecule has 1 aliphatic heterocycles. The first kappa shape index (κ1) is 18.2. The minimum atomic E-state index is 0. The summed E-state index contributed by atoms with van der Waals surface area (Å²) in [5, 5.41) is 7.53. The maximum absolute atomic E-state index is 5.87. The Balaban J connectivity index is 0.00000196. The third-order valence-corrected chi connectivity index (χ3v) is 4.19. The van der Waals surface area contributed by atoms with Crippen LogP contribution in [0.3, 0.4) is 0 Å². The fraction of sp³-hybridized carbons (Fsp3) is 0.263. The van der Waals surface area contributed by atoms with E-state index in [1.54, 1.807) is 11.0 Å². The predicted molar refractivity (Wildman–Crippen MR) is 102 cm³/mol. The molecular formula is C19H21ClN4O2. The van der Waals surface area contributed by atoms with Gasteiger partial charge in [0.2, 0.25) is 0 Å². The maximum atomic E-state index is 5.87. The van der Waals surface area contributed by atoms with Gasteiger partial charge in [-0.3, -0.25) is 0 Å². The zero-order chi connectivity index (χ0) is 16.9. The van der Waals surface area contributed by atoms with Crippen molar-refractivity contribution in [3.8, 4) is 22.9 Å². The Hall–Kier alpha value is -2.57. The van der Waals surface area contributed by atoms with Gasteiger partial charge in [-0.1, -0.05) is 0 Å². The molecule has 0 aliphatic carbocycles. The van der Waals surface area contributed by atoms with Crippen molar-refractivity contribution in [2.45, 2.75) is 18.9 Å². The van der Waals surface area contributed by atoms with Crippen molar-refractivity contribution in [1.82, 2.24) is 20.1 Å². The second kappa shape index (κ2) is 8.69. The first-order chi connectivity index (χ1) is 12.4. The molecule has 0 saturated carbocycles. The zero-order valence-corrected chi connectivity index (χ0v) is 15.1. The highest BCUT2D eigenvalue weighted by Crippen LogP contribution is 2.25. The van der Waals surface area contributed by atoms with E-state index < -0.39 is 0 Å². The van der Waals surface area contributed by atoms with E-state index in [2.05, 4.69) is 15.4 Å². The van der Waals surface area contributed by atoms with Gasteiger partial charge in [0.15, 0.2) is 0 Å². The van der Waals surface area contributed by atoms with E-state index in [4.69, 9.17) is 9.47 Å². The molecule has 0 bridgehead atoms. The van der Waals surface area contributed by atoms with Gasteiger partial charge in [-0.15, -0.1) is 12.4 Å². The summed E-state index contributed by atoms with van der Waals surface area (Å²) in [6.07, 6.45) is 5.59. The van der Waals surface area contributed by atoms with E-state index in [-0.39, 0.29) is 12.4 Å². The van der Waals surface area contributed by atoms with Crippen LogP contribution in [0.5, 0.6) is 17.2 Å². The Kier molecular flexibility index (Phi) is 6.09. The summed E-state index contributed by atoms with van der Waals surface area (Å²) in [4.78, 5) is 3.94. The fourth-order valence-corrected chi connectivity index (χ4v) is 2.84. The minimum absolute atomic E-state index is 0. The first-order valence-corrected chi connectivity index (χ1v) is 8.46. The molecule has 1 aliphatic rings. The Morgan fingerprint density at radius 2 is 1.69 bits per heavy atom. The number of benzene rings is 2. The standard InChI is InChI=1S/C19H20N4O2.ClH/c1-2-15(21-11-1)12-24-17-7-9-19(10-8-17)25-18-5-3-16(4-6-18)23-14-20-13-22-23;/h3-10,13-15,21H,1-2,11-12H2;1H/t15-;/m1./s1. The first-order valence-electron chi connectivity index (χ1n) is 8.46. The number of hydrogen-bond donors (Lipinski definition) is 1. The molecular weight excluding hydrogens is 352 g/mol. The molecule has 7 heteroatoms. The van der Waals surface area contributed by atoms with E-state index in [1.807, 2.05) is 48.5 Å². The number of ether oxygens (including phenoxy) is 2. The van der Waals surface area contributed by atoms with Gasteiger partial charge in [0.25, 0.3) is 0 Å². The Morgan fingerprint density at radius 3 is 2.31 bits per heavy atom. The van der Waals surface area contributed by atoms with E-state index in [0.29, 0.717) is 12.6 Å². The largest absolute Gasteiger partial charge is 0.492 e. The molecule has 1 aromatic heterocycles. The number of nitrogens with one attached hydrogen (secondary N) is 1. The van der Waals surface area contributed by atoms with Crippen LogP contribution in [-0.4, -0.2) is 34.0 Å². The quantitative estimate of drug-likeness (QED) is 0.716. The van der Waals surface area contributed by atoms with Gasteiger partial charge in [-0.2, -0.15) is 5.10 Å². The lowest BCUT2D eigenvalue weighted by Gasteiger charge is -2.12.